The number of nitrogens with zero attached hydrogens (tertiary/aromatic N) is 6. The number of ether oxygens (including phenoxy) is 1. The minimum absolute atomic E-state index is 0.198. The van der Waals surface area contributed by atoms with Gasteiger partial charge in [-0.3, -0.25) is 0 Å². The molecule has 0 spiro atoms. The normalized spacial score (nSPS) is 11.1. The van der Waals surface area contributed by atoms with E-state index in [9.17, 15) is 9.59 Å². The van der Waals surface area contributed by atoms with E-state index >= 15 is 0 Å². The third-order valence-corrected chi connectivity index (χ3v) is 6.57. The third kappa shape index (κ3) is 5.02. The summed E-state index contributed by atoms with van der Waals surface area (Å²) in [5.41, 5.74) is 5.51. The lowest BCUT2D eigenvalue weighted by Gasteiger charge is -2.16. The first-order valence-corrected chi connectivity index (χ1v) is 12.7. The van der Waals surface area contributed by atoms with Gasteiger partial charge in [0.1, 0.15) is 30.9 Å². The highest BCUT2D eigenvalue weighted by molar-refractivity contribution is 6.03. The average molecular weight is 533 g/mol. The predicted octanol–water partition coefficient (Wildman–Crippen LogP) is 4.31. The highest BCUT2D eigenvalue weighted by Gasteiger charge is 2.21. The van der Waals surface area contributed by atoms with Gasteiger partial charge in [0, 0.05) is 11.5 Å². The summed E-state index contributed by atoms with van der Waals surface area (Å²) in [7, 11) is 0. The molecule has 198 valence electrons. The SMILES string of the molecule is CCOC(=O)c1cc(Cc2cccc(-n3cncn3)c2)c(Cc2cccc(-n3cncn3)c2)c2ccc(=O)oc12. The van der Waals surface area contributed by atoms with Crippen LogP contribution in [-0.2, 0) is 17.6 Å². The van der Waals surface area contributed by atoms with Gasteiger partial charge < -0.3 is 9.15 Å². The first kappa shape index (κ1) is 24.9. The summed E-state index contributed by atoms with van der Waals surface area (Å²) in [6, 6.07) is 20.8. The molecule has 0 atom stereocenters. The molecule has 10 heteroatoms. The topological polar surface area (TPSA) is 118 Å². The van der Waals surface area contributed by atoms with Gasteiger partial charge in [0.2, 0.25) is 0 Å². The van der Waals surface area contributed by atoms with Crippen molar-refractivity contribution in [2.75, 3.05) is 6.61 Å². The molecule has 3 aromatic heterocycles. The van der Waals surface area contributed by atoms with Crippen LogP contribution in [0.2, 0.25) is 0 Å². The Morgan fingerprint density at radius 2 is 1.50 bits per heavy atom. The van der Waals surface area contributed by atoms with Gasteiger partial charge in [0.25, 0.3) is 0 Å². The Balaban J connectivity index is 1.50. The van der Waals surface area contributed by atoms with E-state index in [2.05, 4.69) is 20.2 Å². The van der Waals surface area contributed by atoms with E-state index in [1.54, 1.807) is 41.1 Å². The van der Waals surface area contributed by atoms with Crippen LogP contribution in [0.4, 0.5) is 0 Å². The quantitative estimate of drug-likeness (QED) is 0.210. The molecule has 6 aromatic rings. The van der Waals surface area contributed by atoms with Gasteiger partial charge in [-0.2, -0.15) is 10.2 Å². The van der Waals surface area contributed by atoms with E-state index in [1.165, 1.54) is 18.7 Å². The van der Waals surface area contributed by atoms with Gasteiger partial charge in [0.05, 0.1) is 18.0 Å². The molecule has 0 fully saturated rings. The Labute approximate surface area is 228 Å². The van der Waals surface area contributed by atoms with Gasteiger partial charge in [-0.15, -0.1) is 0 Å². The van der Waals surface area contributed by atoms with Crippen LogP contribution in [0.15, 0.2) is 101 Å². The van der Waals surface area contributed by atoms with Crippen molar-refractivity contribution >= 4 is 16.9 Å². The molecule has 3 aromatic carbocycles. The Kier molecular flexibility index (Phi) is 6.72. The van der Waals surface area contributed by atoms with Crippen LogP contribution in [0.1, 0.15) is 39.5 Å². The van der Waals surface area contributed by atoms with Gasteiger partial charge in [-0.05, 0) is 78.4 Å². The monoisotopic (exact) mass is 532 g/mol. The van der Waals surface area contributed by atoms with Crippen molar-refractivity contribution in [3.05, 3.63) is 130 Å². The number of aromatic nitrogens is 6. The van der Waals surface area contributed by atoms with Crippen molar-refractivity contribution in [1.82, 2.24) is 29.5 Å². The molecule has 0 N–H and O–H groups in total. The van der Waals surface area contributed by atoms with Crippen LogP contribution in [0.3, 0.4) is 0 Å². The molecular weight excluding hydrogens is 508 g/mol. The standard InChI is InChI=1S/C30H24N6O4/c1-2-39-30(38)27-15-22(11-20-5-3-7-23(12-20)35-18-31-16-33-35)26(25-9-10-28(37)40-29(25)27)14-21-6-4-8-24(13-21)36-19-32-17-34-36/h3-10,12-13,15-19H,2,11,14H2,1H3. The zero-order valence-corrected chi connectivity index (χ0v) is 21.6. The van der Waals surface area contributed by atoms with Crippen LogP contribution in [0, 0.1) is 0 Å². The molecule has 0 aliphatic rings. The second kappa shape index (κ2) is 10.8. The number of rotatable bonds is 8. The highest BCUT2D eigenvalue weighted by Crippen LogP contribution is 2.31. The van der Waals surface area contributed by atoms with Crippen LogP contribution >= 0.6 is 0 Å². The molecule has 0 amide bonds. The fraction of sp³-hybridized carbons (Fsp3) is 0.133. The smallest absolute Gasteiger partial charge is 0.341 e. The number of carbonyl (C=O) groups excluding carboxylic acids is 1. The van der Waals surface area contributed by atoms with E-state index in [-0.39, 0.29) is 17.8 Å². The fourth-order valence-electron chi connectivity index (χ4n) is 4.81. The molecule has 0 radical (unpaired) electrons. The largest absolute Gasteiger partial charge is 0.462 e. The summed E-state index contributed by atoms with van der Waals surface area (Å²) in [6.07, 6.45) is 7.30. The van der Waals surface area contributed by atoms with Crippen molar-refractivity contribution in [3.8, 4) is 11.4 Å². The number of fused-ring (bicyclic) bond motifs is 1. The Bertz CT molecular complexity index is 1860. The number of hydrogen-bond donors (Lipinski definition) is 0. The average Bonchev–Trinajstić information content (AvgIpc) is 3.70. The molecule has 40 heavy (non-hydrogen) atoms. The van der Waals surface area contributed by atoms with Crippen LogP contribution in [0.25, 0.3) is 22.3 Å². The van der Waals surface area contributed by atoms with E-state index in [0.717, 1.165) is 33.6 Å². The minimum atomic E-state index is -0.542. The molecular formula is C30H24N6O4. The van der Waals surface area contributed by atoms with Crippen LogP contribution in [0.5, 0.6) is 0 Å². The molecule has 0 unspecified atom stereocenters. The number of benzene rings is 3. The summed E-state index contributed by atoms with van der Waals surface area (Å²) < 4.78 is 14.3. The summed E-state index contributed by atoms with van der Waals surface area (Å²) in [5, 5.41) is 9.15. The Hall–Kier alpha value is -5.38. The number of carbonyl (C=O) groups is 1. The Morgan fingerprint density at radius 1 is 0.850 bits per heavy atom. The molecule has 0 saturated carbocycles. The lowest BCUT2D eigenvalue weighted by Crippen LogP contribution is -2.11. The second-order valence-corrected chi connectivity index (χ2v) is 9.15. The molecule has 0 aliphatic heterocycles. The van der Waals surface area contributed by atoms with Crippen molar-refractivity contribution in [3.63, 3.8) is 0 Å². The Morgan fingerprint density at radius 3 is 2.10 bits per heavy atom. The highest BCUT2D eigenvalue weighted by atomic mass is 16.5. The maximum Gasteiger partial charge on any atom is 0.341 e. The van der Waals surface area contributed by atoms with Crippen LogP contribution < -0.4 is 5.63 Å². The van der Waals surface area contributed by atoms with E-state index in [0.29, 0.717) is 18.2 Å². The first-order chi connectivity index (χ1) is 19.6. The number of esters is 1. The summed E-state index contributed by atoms with van der Waals surface area (Å²) in [6.45, 7) is 1.94. The third-order valence-electron chi connectivity index (χ3n) is 6.57. The van der Waals surface area contributed by atoms with Gasteiger partial charge in [0.15, 0.2) is 5.58 Å². The molecule has 6 rings (SSSR count). The fourth-order valence-corrected chi connectivity index (χ4v) is 4.81. The lowest BCUT2D eigenvalue weighted by molar-refractivity contribution is 0.0527. The summed E-state index contributed by atoms with van der Waals surface area (Å²) in [5.74, 6) is -0.542. The minimum Gasteiger partial charge on any atom is -0.462 e. The van der Waals surface area contributed by atoms with Crippen molar-refractivity contribution < 1.29 is 13.9 Å². The molecule has 0 saturated heterocycles. The van der Waals surface area contributed by atoms with Crippen LogP contribution in [-0.4, -0.2) is 42.1 Å². The van der Waals surface area contributed by atoms with Gasteiger partial charge in [-0.1, -0.05) is 24.3 Å². The zero-order chi connectivity index (χ0) is 27.5. The molecule has 0 aliphatic carbocycles. The van der Waals surface area contributed by atoms with Crippen molar-refractivity contribution in [2.45, 2.75) is 19.8 Å². The summed E-state index contributed by atoms with van der Waals surface area (Å²) in [4.78, 5) is 33.3. The van der Waals surface area contributed by atoms with Gasteiger partial charge in [-0.25, -0.2) is 28.9 Å². The molecule has 10 nitrogen and oxygen atoms in total. The first-order valence-electron chi connectivity index (χ1n) is 12.7. The molecule has 0 bridgehead atoms. The molecule has 3 heterocycles. The summed E-state index contributed by atoms with van der Waals surface area (Å²) >= 11 is 0. The second-order valence-electron chi connectivity index (χ2n) is 9.15. The number of hydrogen-bond acceptors (Lipinski definition) is 8. The van der Waals surface area contributed by atoms with E-state index in [1.807, 2.05) is 48.5 Å². The van der Waals surface area contributed by atoms with E-state index in [4.69, 9.17) is 9.15 Å². The van der Waals surface area contributed by atoms with Crippen molar-refractivity contribution in [2.24, 2.45) is 0 Å². The maximum atomic E-state index is 13.0. The van der Waals surface area contributed by atoms with E-state index < -0.39 is 11.6 Å². The lowest BCUT2D eigenvalue weighted by atomic mass is 9.90. The maximum absolute atomic E-state index is 13.0. The zero-order valence-electron chi connectivity index (χ0n) is 21.6. The predicted molar refractivity (Wildman–Crippen MR) is 147 cm³/mol. The van der Waals surface area contributed by atoms with Gasteiger partial charge >= 0.3 is 11.6 Å². The van der Waals surface area contributed by atoms with Crippen molar-refractivity contribution in [1.29, 1.82) is 0 Å².